The number of ether oxygens (including phenoxy) is 1. The van der Waals surface area contributed by atoms with Crippen LogP contribution in [0.1, 0.15) is 61.3 Å². The number of hydrogen-bond donors (Lipinski definition) is 3. The van der Waals surface area contributed by atoms with Crippen molar-refractivity contribution >= 4 is 40.6 Å². The summed E-state index contributed by atoms with van der Waals surface area (Å²) in [5.41, 5.74) is 15.3. The molecule has 1 fully saturated rings. The molecular weight excluding hydrogens is 490 g/mol. The zero-order valence-electron chi connectivity index (χ0n) is 21.1. The fraction of sp³-hybridized carbons (Fsp3) is 0.333. The highest BCUT2D eigenvalue weighted by molar-refractivity contribution is 7.09. The number of nitrogens with two attached hydrogens (primary N) is 2. The Balaban J connectivity index is 1.85. The predicted octanol–water partition coefficient (Wildman–Crippen LogP) is 3.43. The van der Waals surface area contributed by atoms with E-state index in [9.17, 15) is 14.4 Å². The van der Waals surface area contributed by atoms with Crippen molar-refractivity contribution in [3.63, 3.8) is 0 Å². The molecule has 4 rings (SSSR count). The van der Waals surface area contributed by atoms with Crippen LogP contribution >= 0.6 is 11.5 Å². The van der Waals surface area contributed by atoms with Crippen LogP contribution in [0.3, 0.4) is 0 Å². The summed E-state index contributed by atoms with van der Waals surface area (Å²) in [4.78, 5) is 41.3. The maximum atomic E-state index is 14.2. The first-order chi connectivity index (χ1) is 17.7. The number of carbonyl (C=O) groups excluding carboxylic acids is 3. The molecule has 0 unspecified atom stereocenters. The lowest BCUT2D eigenvalue weighted by Crippen LogP contribution is -2.46. The molecule has 1 aliphatic rings. The van der Waals surface area contributed by atoms with E-state index in [1.165, 1.54) is 4.90 Å². The molecule has 0 aliphatic carbocycles. The first-order valence-corrected chi connectivity index (χ1v) is 12.9. The summed E-state index contributed by atoms with van der Waals surface area (Å²) in [6, 6.07) is 12.0. The molecule has 2 atom stereocenters. The second-order valence-corrected chi connectivity index (χ2v) is 10.00. The summed E-state index contributed by atoms with van der Waals surface area (Å²) < 4.78 is 9.69. The minimum absolute atomic E-state index is 0.0405. The molecule has 3 aromatic rings. The van der Waals surface area contributed by atoms with Gasteiger partial charge in [-0.25, -0.2) is 0 Å². The minimum Gasteiger partial charge on any atom is -0.395 e. The highest BCUT2D eigenvalue weighted by Gasteiger charge is 2.37. The SMILES string of the molecule is Cc1ccc([C@H](C(=O)NC[C@H]2CCCO2)N(C(=O)c2snc(C(N)=O)c2N)c2cccc(C)c2C)cc1. The van der Waals surface area contributed by atoms with Gasteiger partial charge in [0.05, 0.1) is 11.8 Å². The van der Waals surface area contributed by atoms with Crippen LogP contribution in [-0.4, -0.2) is 41.4 Å². The second-order valence-electron chi connectivity index (χ2n) is 9.23. The molecule has 37 heavy (non-hydrogen) atoms. The van der Waals surface area contributed by atoms with Crippen LogP contribution in [0.5, 0.6) is 0 Å². The van der Waals surface area contributed by atoms with E-state index in [2.05, 4.69) is 9.69 Å². The molecule has 9 nitrogen and oxygen atoms in total. The smallest absolute Gasteiger partial charge is 0.273 e. The molecule has 5 N–H and O–H groups in total. The number of aryl methyl sites for hydroxylation is 2. The van der Waals surface area contributed by atoms with E-state index < -0.39 is 17.9 Å². The van der Waals surface area contributed by atoms with E-state index in [1.54, 1.807) is 6.07 Å². The van der Waals surface area contributed by atoms with Gasteiger partial charge in [0.25, 0.3) is 11.8 Å². The normalized spacial score (nSPS) is 15.8. The molecule has 1 aliphatic heterocycles. The fourth-order valence-corrected chi connectivity index (χ4v) is 5.13. The summed E-state index contributed by atoms with van der Waals surface area (Å²) in [5, 5.41) is 2.99. The van der Waals surface area contributed by atoms with Gasteiger partial charge in [0, 0.05) is 18.8 Å². The lowest BCUT2D eigenvalue weighted by Gasteiger charge is -2.33. The van der Waals surface area contributed by atoms with E-state index in [0.29, 0.717) is 24.4 Å². The molecule has 2 heterocycles. The third kappa shape index (κ3) is 5.50. The first-order valence-electron chi connectivity index (χ1n) is 12.1. The monoisotopic (exact) mass is 521 g/mol. The number of rotatable bonds is 8. The summed E-state index contributed by atoms with van der Waals surface area (Å²) in [6.45, 7) is 6.79. The van der Waals surface area contributed by atoms with Crippen LogP contribution in [0.25, 0.3) is 0 Å². The second kappa shape index (κ2) is 11.1. The molecule has 10 heteroatoms. The fourth-order valence-electron chi connectivity index (χ4n) is 4.38. The lowest BCUT2D eigenvalue weighted by molar-refractivity contribution is -0.123. The summed E-state index contributed by atoms with van der Waals surface area (Å²) in [6.07, 6.45) is 1.74. The highest BCUT2D eigenvalue weighted by atomic mass is 32.1. The van der Waals surface area contributed by atoms with Crippen molar-refractivity contribution in [1.82, 2.24) is 9.69 Å². The average Bonchev–Trinajstić information content (AvgIpc) is 3.53. The Morgan fingerprint density at radius 2 is 1.89 bits per heavy atom. The van der Waals surface area contributed by atoms with Crippen molar-refractivity contribution in [2.75, 3.05) is 23.8 Å². The quantitative estimate of drug-likeness (QED) is 0.415. The van der Waals surface area contributed by atoms with Crippen LogP contribution < -0.4 is 21.7 Å². The Morgan fingerprint density at radius 3 is 2.51 bits per heavy atom. The molecule has 194 valence electrons. The average molecular weight is 522 g/mol. The number of nitrogen functional groups attached to an aromatic ring is 1. The Hall–Kier alpha value is -3.76. The first kappa shape index (κ1) is 26.3. The van der Waals surface area contributed by atoms with Gasteiger partial charge >= 0.3 is 0 Å². The summed E-state index contributed by atoms with van der Waals surface area (Å²) in [5.74, 6) is -1.73. The number of primary amides is 1. The van der Waals surface area contributed by atoms with Crippen LogP contribution in [0.2, 0.25) is 0 Å². The number of nitrogens with zero attached hydrogens (tertiary/aromatic N) is 2. The third-order valence-corrected chi connectivity index (χ3v) is 7.49. The molecule has 0 bridgehead atoms. The van der Waals surface area contributed by atoms with Gasteiger partial charge in [0.15, 0.2) is 5.69 Å². The Bertz CT molecular complexity index is 1310. The van der Waals surface area contributed by atoms with Crippen LogP contribution in [0.15, 0.2) is 42.5 Å². The number of hydrogen-bond acceptors (Lipinski definition) is 7. The molecule has 0 spiro atoms. The summed E-state index contributed by atoms with van der Waals surface area (Å²) in [7, 11) is 0. The molecule has 1 aromatic heterocycles. The van der Waals surface area contributed by atoms with Crippen molar-refractivity contribution in [3.05, 3.63) is 75.3 Å². The van der Waals surface area contributed by atoms with Crippen LogP contribution in [0, 0.1) is 20.8 Å². The standard InChI is InChI=1S/C27H31N5O4S/c1-15-9-11-18(12-10-15)23(26(34)30-14-19-7-5-13-36-19)32(20-8-4-6-16(2)17(20)3)27(35)24-21(28)22(25(29)33)31-37-24/h4,6,8-12,19,23H,5,7,13-14,28H2,1-3H3,(H2,29,33)(H,30,34)/t19-,23-/m1/s1. The largest absolute Gasteiger partial charge is 0.395 e. The topological polar surface area (TPSA) is 141 Å². The van der Waals surface area contributed by atoms with Gasteiger partial charge in [0.2, 0.25) is 5.91 Å². The Morgan fingerprint density at radius 1 is 1.16 bits per heavy atom. The van der Waals surface area contributed by atoms with Crippen LogP contribution in [0.4, 0.5) is 11.4 Å². The van der Waals surface area contributed by atoms with Crippen molar-refractivity contribution in [1.29, 1.82) is 0 Å². The van der Waals surface area contributed by atoms with E-state index in [-0.39, 0.29) is 28.3 Å². The van der Waals surface area contributed by atoms with E-state index in [4.69, 9.17) is 16.2 Å². The van der Waals surface area contributed by atoms with Crippen molar-refractivity contribution in [3.8, 4) is 0 Å². The van der Waals surface area contributed by atoms with Gasteiger partial charge in [-0.2, -0.15) is 4.37 Å². The van der Waals surface area contributed by atoms with Crippen LogP contribution in [-0.2, 0) is 9.53 Å². The molecule has 2 aromatic carbocycles. The Labute approximate surface area is 220 Å². The molecule has 1 saturated heterocycles. The molecule has 3 amide bonds. The van der Waals surface area contributed by atoms with E-state index in [1.807, 2.05) is 57.2 Å². The van der Waals surface area contributed by atoms with E-state index >= 15 is 0 Å². The number of aromatic nitrogens is 1. The predicted molar refractivity (Wildman–Crippen MR) is 144 cm³/mol. The van der Waals surface area contributed by atoms with Crippen molar-refractivity contribution in [2.45, 2.75) is 45.8 Å². The van der Waals surface area contributed by atoms with Gasteiger partial charge in [-0.05, 0) is 67.9 Å². The number of amides is 3. The maximum Gasteiger partial charge on any atom is 0.273 e. The number of nitrogens with one attached hydrogen (secondary N) is 1. The van der Waals surface area contributed by atoms with Gasteiger partial charge in [0.1, 0.15) is 10.9 Å². The maximum absolute atomic E-state index is 14.2. The molecular formula is C27H31N5O4S. The lowest BCUT2D eigenvalue weighted by atomic mass is 9.99. The third-order valence-electron chi connectivity index (χ3n) is 6.64. The zero-order valence-corrected chi connectivity index (χ0v) is 21.9. The molecule has 0 saturated carbocycles. The van der Waals surface area contributed by atoms with Gasteiger partial charge < -0.3 is 21.5 Å². The highest BCUT2D eigenvalue weighted by Crippen LogP contribution is 2.35. The summed E-state index contributed by atoms with van der Waals surface area (Å²) >= 11 is 0.787. The minimum atomic E-state index is -1.02. The van der Waals surface area contributed by atoms with Crippen molar-refractivity contribution in [2.24, 2.45) is 5.73 Å². The van der Waals surface area contributed by atoms with Crippen molar-refractivity contribution < 1.29 is 19.1 Å². The number of carbonyl (C=O) groups is 3. The van der Waals surface area contributed by atoms with Gasteiger partial charge in [-0.1, -0.05) is 42.0 Å². The Kier molecular flexibility index (Phi) is 7.89. The number of anilines is 2. The van der Waals surface area contributed by atoms with E-state index in [0.717, 1.165) is 41.1 Å². The zero-order chi connectivity index (χ0) is 26.7. The van der Waals surface area contributed by atoms with Gasteiger partial charge in [-0.3, -0.25) is 19.3 Å². The number of benzene rings is 2. The molecule has 0 radical (unpaired) electrons. The van der Waals surface area contributed by atoms with Gasteiger partial charge in [-0.15, -0.1) is 0 Å².